The number of carbonyl (C=O) groups is 3. The van der Waals surface area contributed by atoms with E-state index in [0.29, 0.717) is 5.56 Å². The summed E-state index contributed by atoms with van der Waals surface area (Å²) in [6.07, 6.45) is 3.39. The minimum Gasteiger partial charge on any atom is -0.340 e. The van der Waals surface area contributed by atoms with Gasteiger partial charge in [-0.25, -0.2) is 4.39 Å². The van der Waals surface area contributed by atoms with E-state index >= 15 is 0 Å². The predicted octanol–water partition coefficient (Wildman–Crippen LogP) is 1.96. The summed E-state index contributed by atoms with van der Waals surface area (Å²) in [6, 6.07) is 6.02. The average molecular weight is 332 g/mol. The predicted molar refractivity (Wildman–Crippen MR) is 85.0 cm³/mol. The molecule has 5 nitrogen and oxygen atoms in total. The van der Waals surface area contributed by atoms with Crippen molar-refractivity contribution in [1.82, 2.24) is 9.80 Å². The molecule has 0 N–H and O–H groups in total. The highest BCUT2D eigenvalue weighted by molar-refractivity contribution is 6.07. The van der Waals surface area contributed by atoms with Gasteiger partial charge in [-0.05, 0) is 30.5 Å². The van der Waals surface area contributed by atoms with Crippen molar-refractivity contribution in [3.8, 4) is 0 Å². The molecular formula is C18H21FN2O3. The molecule has 3 amide bonds. The molecule has 1 aliphatic carbocycles. The zero-order chi connectivity index (χ0) is 17.3. The number of hydrogen-bond donors (Lipinski definition) is 0. The highest BCUT2D eigenvalue weighted by Crippen LogP contribution is 2.37. The smallest absolute Gasteiger partial charge is 0.242 e. The average Bonchev–Trinajstić information content (AvgIpc) is 2.80. The lowest BCUT2D eigenvalue weighted by Crippen LogP contribution is -2.41. The van der Waals surface area contributed by atoms with Gasteiger partial charge in [-0.15, -0.1) is 0 Å². The maximum Gasteiger partial charge on any atom is 0.242 e. The second-order valence-corrected chi connectivity index (χ2v) is 6.64. The lowest BCUT2D eigenvalue weighted by molar-refractivity contribution is -0.146. The van der Waals surface area contributed by atoms with Crippen LogP contribution < -0.4 is 0 Å². The van der Waals surface area contributed by atoms with Crippen LogP contribution in [0.15, 0.2) is 24.3 Å². The summed E-state index contributed by atoms with van der Waals surface area (Å²) in [5.74, 6) is -1.59. The Kier molecular flexibility index (Phi) is 4.64. The molecule has 1 heterocycles. The molecule has 0 bridgehead atoms. The summed E-state index contributed by atoms with van der Waals surface area (Å²) in [4.78, 5) is 39.7. The molecule has 1 saturated carbocycles. The highest BCUT2D eigenvalue weighted by Gasteiger charge is 2.48. The number of imide groups is 1. The van der Waals surface area contributed by atoms with E-state index in [0.717, 1.165) is 30.6 Å². The van der Waals surface area contributed by atoms with Gasteiger partial charge in [-0.2, -0.15) is 0 Å². The van der Waals surface area contributed by atoms with E-state index in [-0.39, 0.29) is 48.5 Å². The fraction of sp³-hybridized carbons (Fsp3) is 0.500. The van der Waals surface area contributed by atoms with Gasteiger partial charge >= 0.3 is 0 Å². The third kappa shape index (κ3) is 3.18. The van der Waals surface area contributed by atoms with Crippen LogP contribution in [-0.4, -0.2) is 41.1 Å². The van der Waals surface area contributed by atoms with E-state index in [4.69, 9.17) is 0 Å². The number of fused-ring (bicyclic) bond motifs is 1. The van der Waals surface area contributed by atoms with E-state index in [1.165, 1.54) is 17.0 Å². The Labute approximate surface area is 140 Å². The molecule has 1 aromatic carbocycles. The first-order valence-corrected chi connectivity index (χ1v) is 8.31. The molecule has 6 heteroatoms. The quantitative estimate of drug-likeness (QED) is 0.792. The first-order valence-electron chi connectivity index (χ1n) is 8.31. The third-order valence-electron chi connectivity index (χ3n) is 4.96. The highest BCUT2D eigenvalue weighted by atomic mass is 19.1. The van der Waals surface area contributed by atoms with E-state index in [1.807, 2.05) is 0 Å². The second kappa shape index (κ2) is 6.71. The number of nitrogens with zero attached hydrogens (tertiary/aromatic N) is 2. The van der Waals surface area contributed by atoms with Crippen LogP contribution in [0.25, 0.3) is 0 Å². The summed E-state index contributed by atoms with van der Waals surface area (Å²) in [6.45, 7) is 0.0101. The van der Waals surface area contributed by atoms with Crippen LogP contribution in [-0.2, 0) is 20.9 Å². The molecule has 2 fully saturated rings. The summed E-state index contributed by atoms with van der Waals surface area (Å²) in [7, 11) is 1.59. The topological polar surface area (TPSA) is 57.7 Å². The van der Waals surface area contributed by atoms with Gasteiger partial charge < -0.3 is 4.90 Å². The number of hydrogen-bond acceptors (Lipinski definition) is 3. The van der Waals surface area contributed by atoms with Crippen molar-refractivity contribution >= 4 is 17.7 Å². The Balaban J connectivity index is 1.63. The molecule has 0 spiro atoms. The van der Waals surface area contributed by atoms with Crippen molar-refractivity contribution in [3.05, 3.63) is 35.6 Å². The van der Waals surface area contributed by atoms with E-state index in [9.17, 15) is 18.8 Å². The van der Waals surface area contributed by atoms with Crippen molar-refractivity contribution in [2.75, 3.05) is 13.6 Å². The van der Waals surface area contributed by atoms with Crippen LogP contribution in [0, 0.1) is 17.7 Å². The van der Waals surface area contributed by atoms with Gasteiger partial charge in [-0.1, -0.05) is 25.0 Å². The lowest BCUT2D eigenvalue weighted by atomic mass is 9.81. The molecule has 0 radical (unpaired) electrons. The summed E-state index contributed by atoms with van der Waals surface area (Å²) < 4.78 is 13.2. The zero-order valence-corrected chi connectivity index (χ0v) is 13.7. The lowest BCUT2D eigenvalue weighted by Gasteiger charge is -2.21. The number of rotatable bonds is 4. The Bertz CT molecular complexity index is 652. The Hall–Kier alpha value is -2.24. The summed E-state index contributed by atoms with van der Waals surface area (Å²) in [5.41, 5.74) is 0.665. The molecule has 2 atom stereocenters. The Morgan fingerprint density at radius 3 is 2.42 bits per heavy atom. The Morgan fingerprint density at radius 1 is 1.21 bits per heavy atom. The van der Waals surface area contributed by atoms with Crippen LogP contribution in [0.3, 0.4) is 0 Å². The standard InChI is InChI=1S/C18H21FN2O3/c1-20(10-12-5-4-6-13(19)9-12)16(22)11-21-17(23)14-7-2-3-8-15(14)18(21)24/h4-6,9,14-15H,2-3,7-8,10-11H2,1H3. The number of benzene rings is 1. The molecule has 24 heavy (non-hydrogen) atoms. The van der Waals surface area contributed by atoms with Crippen LogP contribution >= 0.6 is 0 Å². The van der Waals surface area contributed by atoms with Crippen molar-refractivity contribution in [3.63, 3.8) is 0 Å². The van der Waals surface area contributed by atoms with Gasteiger partial charge in [0, 0.05) is 13.6 Å². The number of carbonyl (C=O) groups excluding carboxylic acids is 3. The van der Waals surface area contributed by atoms with Gasteiger partial charge in [0.2, 0.25) is 17.7 Å². The van der Waals surface area contributed by atoms with Gasteiger partial charge in [0.25, 0.3) is 0 Å². The molecule has 3 rings (SSSR count). The summed E-state index contributed by atoms with van der Waals surface area (Å²) in [5, 5.41) is 0. The minimum atomic E-state index is -0.359. The molecule has 2 unspecified atom stereocenters. The SMILES string of the molecule is CN(Cc1cccc(F)c1)C(=O)CN1C(=O)C2CCCCC2C1=O. The van der Waals surface area contributed by atoms with Crippen molar-refractivity contribution < 1.29 is 18.8 Å². The largest absolute Gasteiger partial charge is 0.340 e. The first kappa shape index (κ1) is 16.6. The molecule has 0 aromatic heterocycles. The van der Waals surface area contributed by atoms with Gasteiger partial charge in [0.05, 0.1) is 11.8 Å². The number of halogens is 1. The van der Waals surface area contributed by atoms with E-state index in [1.54, 1.807) is 19.2 Å². The molecule has 1 aromatic rings. The van der Waals surface area contributed by atoms with E-state index < -0.39 is 0 Å². The normalized spacial score (nSPS) is 23.3. The fourth-order valence-corrected chi connectivity index (χ4v) is 3.64. The molecule has 1 saturated heterocycles. The van der Waals surface area contributed by atoms with Crippen LogP contribution in [0.1, 0.15) is 31.2 Å². The number of likely N-dealkylation sites (tertiary alicyclic amines) is 1. The first-order chi connectivity index (χ1) is 11.5. The maximum absolute atomic E-state index is 13.2. The summed E-state index contributed by atoms with van der Waals surface area (Å²) >= 11 is 0. The Morgan fingerprint density at radius 2 is 1.83 bits per heavy atom. The van der Waals surface area contributed by atoms with Gasteiger partial charge in [-0.3, -0.25) is 19.3 Å². The molecule has 128 valence electrons. The van der Waals surface area contributed by atoms with E-state index in [2.05, 4.69) is 0 Å². The zero-order valence-electron chi connectivity index (χ0n) is 13.7. The fourth-order valence-electron chi connectivity index (χ4n) is 3.64. The number of amides is 3. The van der Waals surface area contributed by atoms with Crippen molar-refractivity contribution in [1.29, 1.82) is 0 Å². The monoisotopic (exact) mass is 332 g/mol. The van der Waals surface area contributed by atoms with Gasteiger partial charge in [0.1, 0.15) is 12.4 Å². The molecule has 1 aliphatic heterocycles. The second-order valence-electron chi connectivity index (χ2n) is 6.64. The van der Waals surface area contributed by atoms with Gasteiger partial charge in [0.15, 0.2) is 0 Å². The maximum atomic E-state index is 13.2. The van der Waals surface area contributed by atoms with Crippen molar-refractivity contribution in [2.45, 2.75) is 32.2 Å². The minimum absolute atomic E-state index is 0.211. The molecule has 2 aliphatic rings. The third-order valence-corrected chi connectivity index (χ3v) is 4.96. The van der Waals surface area contributed by atoms with Crippen LogP contribution in [0.2, 0.25) is 0 Å². The molecular weight excluding hydrogens is 311 g/mol. The van der Waals surface area contributed by atoms with Crippen LogP contribution in [0.4, 0.5) is 4.39 Å². The van der Waals surface area contributed by atoms with Crippen molar-refractivity contribution in [2.24, 2.45) is 11.8 Å². The van der Waals surface area contributed by atoms with Crippen LogP contribution in [0.5, 0.6) is 0 Å². The number of likely N-dealkylation sites (N-methyl/N-ethyl adjacent to an activating group) is 1.